The van der Waals surface area contributed by atoms with E-state index in [0.717, 1.165) is 6.42 Å². The van der Waals surface area contributed by atoms with Gasteiger partial charge in [-0.25, -0.2) is 0 Å². The Balaban J connectivity index is 5.08. The van der Waals surface area contributed by atoms with Gasteiger partial charge in [-0.05, 0) is 11.6 Å². The second kappa shape index (κ2) is 5.26. The van der Waals surface area contributed by atoms with Crippen LogP contribution in [0, 0.1) is 5.92 Å². The predicted octanol–water partition coefficient (Wildman–Crippen LogP) is 3.96. The van der Waals surface area contributed by atoms with Gasteiger partial charge in [0.2, 0.25) is 0 Å². The van der Waals surface area contributed by atoms with Crippen molar-refractivity contribution in [2.75, 3.05) is 0 Å². The Hall–Kier alpha value is -0.156. The summed E-state index contributed by atoms with van der Waals surface area (Å²) in [6.07, 6.45) is 3.91. The average molecular weight is 243 g/mol. The van der Waals surface area contributed by atoms with Gasteiger partial charge in [0.05, 0.1) is 0 Å². The molecule has 0 radical (unpaired) electrons. The summed E-state index contributed by atoms with van der Waals surface area (Å²) in [4.78, 5) is 11.2. The van der Waals surface area contributed by atoms with Gasteiger partial charge in [-0.3, -0.25) is 0 Å². The summed E-state index contributed by atoms with van der Waals surface area (Å²) in [7, 11) is -2.52. The Morgan fingerprint density at radius 2 is 1.47 bits per heavy atom. The Bertz CT molecular complexity index is 209. The van der Waals surface area contributed by atoms with Crippen LogP contribution < -0.4 is 0 Å². The molecule has 0 aromatic carbocycles. The molecular weight excluding hydrogens is 216 g/mol. The van der Waals surface area contributed by atoms with Crippen LogP contribution in [0.25, 0.3) is 0 Å². The number of hydrogen-bond acceptors (Lipinski definition) is 1. The summed E-state index contributed by atoms with van der Waals surface area (Å²) in [6, 6.07) is 0. The molecule has 0 aromatic rings. The van der Waals surface area contributed by atoms with E-state index in [2.05, 4.69) is 45.9 Å². The Kier molecular flexibility index (Phi) is 5.20. The van der Waals surface area contributed by atoms with Crippen molar-refractivity contribution in [3.05, 3.63) is 12.7 Å². The second-order valence-electron chi connectivity index (χ2n) is 6.53. The van der Waals surface area contributed by atoms with Crippen molar-refractivity contribution in [3.8, 4) is 0 Å². The van der Waals surface area contributed by atoms with E-state index >= 15 is 0 Å². The Labute approximate surface area is 97.0 Å². The predicted molar refractivity (Wildman–Crippen MR) is 74.8 cm³/mol. The smallest absolute Gasteiger partial charge is 0.123 e. The molecule has 0 aliphatic carbocycles. The Morgan fingerprint density at radius 3 is 1.67 bits per heavy atom. The maximum atomic E-state index is 11.2. The van der Waals surface area contributed by atoms with Crippen LogP contribution in [0.15, 0.2) is 12.7 Å². The van der Waals surface area contributed by atoms with Crippen LogP contribution in [0.3, 0.4) is 0 Å². The van der Waals surface area contributed by atoms with Gasteiger partial charge in [0, 0.05) is 22.1 Å². The minimum absolute atomic E-state index is 0.209. The van der Waals surface area contributed by atoms with Crippen molar-refractivity contribution < 1.29 is 4.79 Å². The molecule has 0 aliphatic rings. The van der Waals surface area contributed by atoms with Crippen molar-refractivity contribution in [2.45, 2.75) is 50.9 Å². The van der Waals surface area contributed by atoms with Gasteiger partial charge in [-0.1, -0.05) is 45.4 Å². The number of carbonyl (C=O) groups is 1. The van der Waals surface area contributed by atoms with Crippen LogP contribution in [0.5, 0.6) is 0 Å². The summed E-state index contributed by atoms with van der Waals surface area (Å²) in [6.45, 7) is 18.1. The molecule has 0 saturated carbocycles. The van der Waals surface area contributed by atoms with E-state index < -0.39 is 16.1 Å². The number of allylic oxidation sites excluding steroid dienone is 1. The quantitative estimate of drug-likeness (QED) is 0.391. The van der Waals surface area contributed by atoms with Crippen LogP contribution >= 0.6 is 0 Å². The third-order valence-corrected chi connectivity index (χ3v) is 12.7. The van der Waals surface area contributed by atoms with Gasteiger partial charge < -0.3 is 4.79 Å². The van der Waals surface area contributed by atoms with Crippen molar-refractivity contribution >= 4 is 22.4 Å². The number of hydrogen-bond donors (Lipinski definition) is 0. The molecule has 0 amide bonds. The topological polar surface area (TPSA) is 17.1 Å². The lowest BCUT2D eigenvalue weighted by atomic mass is 10.1. The van der Waals surface area contributed by atoms with Gasteiger partial charge in [0.15, 0.2) is 0 Å². The molecule has 0 N–H and O–H groups in total. The van der Waals surface area contributed by atoms with Gasteiger partial charge in [0.1, 0.15) is 6.29 Å². The van der Waals surface area contributed by atoms with Crippen LogP contribution in [0.4, 0.5) is 0 Å². The second-order valence-corrected chi connectivity index (χ2v) is 17.8. The molecule has 0 bridgehead atoms. The fraction of sp³-hybridized carbons (Fsp3) is 0.750. The zero-order chi connectivity index (χ0) is 12.3. The van der Waals surface area contributed by atoms with E-state index in [-0.39, 0.29) is 5.92 Å². The van der Waals surface area contributed by atoms with Crippen molar-refractivity contribution in [1.82, 2.24) is 0 Å². The SMILES string of the molecule is C=CCC(C=O)C([Si](C)(C)C)[Si](C)(C)C. The molecule has 0 fully saturated rings. The lowest BCUT2D eigenvalue weighted by Crippen LogP contribution is -2.48. The van der Waals surface area contributed by atoms with Crippen LogP contribution in [0.2, 0.25) is 44.4 Å². The van der Waals surface area contributed by atoms with Gasteiger partial charge in [-0.2, -0.15) is 0 Å². The minimum Gasteiger partial charge on any atom is -0.303 e. The molecule has 15 heavy (non-hydrogen) atoms. The molecule has 1 atom stereocenters. The molecule has 0 spiro atoms. The maximum Gasteiger partial charge on any atom is 0.123 e. The van der Waals surface area contributed by atoms with Crippen molar-refractivity contribution in [1.29, 1.82) is 0 Å². The molecule has 3 heteroatoms. The van der Waals surface area contributed by atoms with E-state index in [1.165, 1.54) is 6.29 Å². The summed E-state index contributed by atoms with van der Waals surface area (Å²) < 4.78 is 0. The van der Waals surface area contributed by atoms with Crippen molar-refractivity contribution in [3.63, 3.8) is 0 Å². The highest BCUT2D eigenvalue weighted by atomic mass is 28.4. The minimum atomic E-state index is -1.26. The monoisotopic (exact) mass is 242 g/mol. The third-order valence-electron chi connectivity index (χ3n) is 2.91. The fourth-order valence-electron chi connectivity index (χ4n) is 3.05. The summed E-state index contributed by atoms with van der Waals surface area (Å²) >= 11 is 0. The van der Waals surface area contributed by atoms with E-state index in [1.807, 2.05) is 6.08 Å². The molecule has 1 unspecified atom stereocenters. The summed E-state index contributed by atoms with van der Waals surface area (Å²) in [5.74, 6) is 0.209. The van der Waals surface area contributed by atoms with Crippen LogP contribution in [-0.4, -0.2) is 22.4 Å². The molecule has 0 rings (SSSR count). The molecule has 0 aromatic heterocycles. The number of carbonyl (C=O) groups excluding carboxylic acids is 1. The Morgan fingerprint density at radius 1 is 1.07 bits per heavy atom. The van der Waals surface area contributed by atoms with E-state index in [1.54, 1.807) is 0 Å². The molecular formula is C12H26OSi2. The highest BCUT2D eigenvalue weighted by Gasteiger charge is 2.41. The van der Waals surface area contributed by atoms with Crippen LogP contribution in [-0.2, 0) is 4.79 Å². The standard InChI is InChI=1S/C12H26OSi2/c1-8-9-11(10-13)12(14(2,3)4)15(5,6)7/h8,10-12H,1,9H2,2-7H3. The van der Waals surface area contributed by atoms with Crippen molar-refractivity contribution in [2.24, 2.45) is 5.92 Å². The zero-order valence-corrected chi connectivity index (χ0v) is 13.1. The lowest BCUT2D eigenvalue weighted by Gasteiger charge is -2.41. The zero-order valence-electron chi connectivity index (χ0n) is 11.1. The molecule has 0 saturated heterocycles. The maximum absolute atomic E-state index is 11.2. The summed E-state index contributed by atoms with van der Waals surface area (Å²) in [5.41, 5.74) is 0. The molecule has 0 heterocycles. The number of aldehydes is 1. The number of rotatable bonds is 6. The first-order chi connectivity index (χ1) is 6.64. The van der Waals surface area contributed by atoms with Gasteiger partial charge in [-0.15, -0.1) is 6.58 Å². The van der Waals surface area contributed by atoms with Crippen LogP contribution in [0.1, 0.15) is 6.42 Å². The first kappa shape index (κ1) is 14.8. The third kappa shape index (κ3) is 4.47. The van der Waals surface area contributed by atoms with Gasteiger partial charge in [0.25, 0.3) is 0 Å². The summed E-state index contributed by atoms with van der Waals surface area (Å²) in [5, 5.41) is 0.653. The normalized spacial score (nSPS) is 15.1. The lowest BCUT2D eigenvalue weighted by molar-refractivity contribution is -0.110. The fourth-order valence-corrected chi connectivity index (χ4v) is 16.4. The first-order valence-electron chi connectivity index (χ1n) is 5.70. The highest BCUT2D eigenvalue weighted by molar-refractivity contribution is 6.96. The molecule has 0 aliphatic heterocycles. The van der Waals surface area contributed by atoms with E-state index in [9.17, 15) is 4.79 Å². The molecule has 1 nitrogen and oxygen atoms in total. The largest absolute Gasteiger partial charge is 0.303 e. The average Bonchev–Trinajstić information content (AvgIpc) is 1.98. The molecule has 88 valence electrons. The van der Waals surface area contributed by atoms with E-state index in [4.69, 9.17) is 0 Å². The highest BCUT2D eigenvalue weighted by Crippen LogP contribution is 2.39. The first-order valence-corrected chi connectivity index (χ1v) is 12.9. The van der Waals surface area contributed by atoms with E-state index in [0.29, 0.717) is 5.16 Å². The van der Waals surface area contributed by atoms with Gasteiger partial charge >= 0.3 is 0 Å².